The molecule has 2 amide bonds. The van der Waals surface area contributed by atoms with Gasteiger partial charge in [0.2, 0.25) is 5.91 Å². The molecule has 0 saturated heterocycles. The van der Waals surface area contributed by atoms with Crippen molar-refractivity contribution in [3.05, 3.63) is 65.2 Å². The summed E-state index contributed by atoms with van der Waals surface area (Å²) in [5, 5.41) is 2.79. The van der Waals surface area contributed by atoms with Crippen LogP contribution in [0.2, 0.25) is 0 Å². The first-order chi connectivity index (χ1) is 13.4. The van der Waals surface area contributed by atoms with Gasteiger partial charge in [0, 0.05) is 13.1 Å². The number of carbonyl (C=O) groups excluding carboxylic acids is 2. The third kappa shape index (κ3) is 6.12. The maximum Gasteiger partial charge on any atom is 0.261 e. The Hall–Kier alpha value is -2.82. The van der Waals surface area contributed by atoms with Gasteiger partial charge in [-0.3, -0.25) is 9.59 Å². The number of aryl methyl sites for hydroxylation is 2. The Labute approximate surface area is 167 Å². The molecule has 0 bridgehead atoms. The van der Waals surface area contributed by atoms with E-state index < -0.39 is 6.04 Å². The van der Waals surface area contributed by atoms with Crippen LogP contribution >= 0.6 is 0 Å². The number of likely N-dealkylation sites (N-methyl/N-ethyl adjacent to an activating group) is 1. The van der Waals surface area contributed by atoms with E-state index in [9.17, 15) is 9.59 Å². The van der Waals surface area contributed by atoms with Crippen molar-refractivity contribution in [3.8, 4) is 5.75 Å². The van der Waals surface area contributed by atoms with E-state index in [1.165, 1.54) is 5.56 Å². The van der Waals surface area contributed by atoms with Crippen LogP contribution in [0.4, 0.5) is 0 Å². The second kappa shape index (κ2) is 10.5. The summed E-state index contributed by atoms with van der Waals surface area (Å²) in [4.78, 5) is 26.8. The summed E-state index contributed by atoms with van der Waals surface area (Å²) in [7, 11) is 0. The maximum atomic E-state index is 12.9. The zero-order chi connectivity index (χ0) is 20.5. The van der Waals surface area contributed by atoms with E-state index in [1.807, 2.05) is 69.3 Å². The number of nitrogens with one attached hydrogen (secondary N) is 1. The van der Waals surface area contributed by atoms with E-state index in [2.05, 4.69) is 5.32 Å². The number of benzene rings is 2. The van der Waals surface area contributed by atoms with Crippen LogP contribution in [0, 0.1) is 13.8 Å². The fourth-order valence-electron chi connectivity index (χ4n) is 2.92. The molecule has 2 rings (SSSR count). The van der Waals surface area contributed by atoms with E-state index in [-0.39, 0.29) is 18.4 Å². The third-order valence-corrected chi connectivity index (χ3v) is 4.84. The predicted molar refractivity (Wildman–Crippen MR) is 111 cm³/mol. The monoisotopic (exact) mass is 382 g/mol. The molecule has 0 radical (unpaired) electrons. The molecular formula is C23H30N2O3. The molecule has 5 nitrogen and oxygen atoms in total. The molecule has 28 heavy (non-hydrogen) atoms. The Kier molecular flexibility index (Phi) is 8.05. The minimum atomic E-state index is -0.556. The number of ether oxygens (including phenoxy) is 1. The Bertz CT molecular complexity index is 790. The zero-order valence-corrected chi connectivity index (χ0v) is 17.2. The van der Waals surface area contributed by atoms with Gasteiger partial charge in [-0.2, -0.15) is 0 Å². The van der Waals surface area contributed by atoms with E-state index in [0.717, 1.165) is 11.1 Å². The number of rotatable bonds is 9. The van der Waals surface area contributed by atoms with Crippen LogP contribution in [0.1, 0.15) is 30.5 Å². The van der Waals surface area contributed by atoms with Crippen molar-refractivity contribution in [1.29, 1.82) is 0 Å². The normalized spacial score (nSPS) is 11.6. The molecule has 0 saturated carbocycles. The average molecular weight is 383 g/mol. The van der Waals surface area contributed by atoms with E-state index in [4.69, 9.17) is 4.74 Å². The highest BCUT2D eigenvalue weighted by molar-refractivity contribution is 5.87. The van der Waals surface area contributed by atoms with Gasteiger partial charge in [-0.15, -0.1) is 0 Å². The van der Waals surface area contributed by atoms with Crippen LogP contribution in [0.15, 0.2) is 48.5 Å². The Morgan fingerprint density at radius 3 is 2.43 bits per heavy atom. The van der Waals surface area contributed by atoms with E-state index >= 15 is 0 Å². The predicted octanol–water partition coefficient (Wildman–Crippen LogP) is 3.28. The second-order valence-corrected chi connectivity index (χ2v) is 6.93. The molecule has 5 heteroatoms. The lowest BCUT2D eigenvalue weighted by Gasteiger charge is -2.28. The highest BCUT2D eigenvalue weighted by atomic mass is 16.5. The summed E-state index contributed by atoms with van der Waals surface area (Å²) < 4.78 is 5.70. The minimum Gasteiger partial charge on any atom is -0.484 e. The van der Waals surface area contributed by atoms with Crippen molar-refractivity contribution in [2.75, 3.05) is 19.7 Å². The second-order valence-electron chi connectivity index (χ2n) is 6.93. The molecular weight excluding hydrogens is 352 g/mol. The quantitative estimate of drug-likeness (QED) is 0.724. The zero-order valence-electron chi connectivity index (χ0n) is 17.2. The van der Waals surface area contributed by atoms with Gasteiger partial charge < -0.3 is 15.0 Å². The lowest BCUT2D eigenvalue weighted by Crippen LogP contribution is -2.50. The number of carbonyl (C=O) groups is 2. The summed E-state index contributed by atoms with van der Waals surface area (Å²) in [6.45, 7) is 8.55. The standard InChI is InChI=1S/C23H30N2O3/c1-5-24-23(27)19(4)25(14-13-20-9-7-6-8-10-20)22(26)16-28-21-12-11-17(2)18(3)15-21/h6-12,15,19H,5,13-14,16H2,1-4H3,(H,24,27)/t19-/m0/s1. The fourth-order valence-corrected chi connectivity index (χ4v) is 2.92. The summed E-state index contributed by atoms with van der Waals surface area (Å²) in [6.07, 6.45) is 0.681. The van der Waals surface area contributed by atoms with Gasteiger partial charge in [0.05, 0.1) is 0 Å². The molecule has 0 heterocycles. The van der Waals surface area contributed by atoms with Gasteiger partial charge in [-0.1, -0.05) is 36.4 Å². The van der Waals surface area contributed by atoms with Crippen molar-refractivity contribution in [3.63, 3.8) is 0 Å². The Balaban J connectivity index is 2.06. The maximum absolute atomic E-state index is 12.9. The van der Waals surface area contributed by atoms with Crippen LogP contribution in [0.3, 0.4) is 0 Å². The molecule has 1 N–H and O–H groups in total. The fraction of sp³-hybridized carbons (Fsp3) is 0.391. The van der Waals surface area contributed by atoms with Gasteiger partial charge in [0.15, 0.2) is 6.61 Å². The van der Waals surface area contributed by atoms with Crippen LogP contribution in [0.25, 0.3) is 0 Å². The number of nitrogens with zero attached hydrogens (tertiary/aromatic N) is 1. The summed E-state index contributed by atoms with van der Waals surface area (Å²) in [5.41, 5.74) is 3.41. The van der Waals surface area contributed by atoms with Crippen molar-refractivity contribution in [2.45, 2.75) is 40.2 Å². The number of amides is 2. The molecule has 2 aromatic rings. The van der Waals surface area contributed by atoms with Crippen molar-refractivity contribution < 1.29 is 14.3 Å². The smallest absolute Gasteiger partial charge is 0.261 e. The van der Waals surface area contributed by atoms with Gasteiger partial charge >= 0.3 is 0 Å². The van der Waals surface area contributed by atoms with Crippen LogP contribution in [-0.4, -0.2) is 42.5 Å². The first kappa shape index (κ1) is 21.5. The molecule has 0 unspecified atom stereocenters. The largest absolute Gasteiger partial charge is 0.484 e. The Morgan fingerprint density at radius 1 is 1.07 bits per heavy atom. The van der Waals surface area contributed by atoms with Gasteiger partial charge in [0.1, 0.15) is 11.8 Å². The highest BCUT2D eigenvalue weighted by Gasteiger charge is 2.25. The number of hydrogen-bond acceptors (Lipinski definition) is 3. The highest BCUT2D eigenvalue weighted by Crippen LogP contribution is 2.16. The Morgan fingerprint density at radius 2 is 1.79 bits per heavy atom. The lowest BCUT2D eigenvalue weighted by atomic mass is 10.1. The van der Waals surface area contributed by atoms with E-state index in [0.29, 0.717) is 25.3 Å². The molecule has 0 aliphatic carbocycles. The summed E-state index contributed by atoms with van der Waals surface area (Å²) in [6, 6.07) is 15.1. The van der Waals surface area contributed by atoms with Gasteiger partial charge in [-0.05, 0) is 62.9 Å². The molecule has 0 fully saturated rings. The van der Waals surface area contributed by atoms with Gasteiger partial charge in [-0.25, -0.2) is 0 Å². The molecule has 0 spiro atoms. The molecule has 0 aliphatic rings. The first-order valence-corrected chi connectivity index (χ1v) is 9.73. The third-order valence-electron chi connectivity index (χ3n) is 4.84. The van der Waals surface area contributed by atoms with Crippen molar-refractivity contribution >= 4 is 11.8 Å². The average Bonchev–Trinajstić information content (AvgIpc) is 2.69. The lowest BCUT2D eigenvalue weighted by molar-refractivity contribution is -0.141. The summed E-state index contributed by atoms with van der Waals surface area (Å²) in [5.74, 6) is 0.299. The topological polar surface area (TPSA) is 58.6 Å². The molecule has 1 atom stereocenters. The molecule has 0 aromatic heterocycles. The number of hydrogen-bond donors (Lipinski definition) is 1. The molecule has 150 valence electrons. The first-order valence-electron chi connectivity index (χ1n) is 9.73. The van der Waals surface area contributed by atoms with E-state index in [1.54, 1.807) is 11.8 Å². The molecule has 2 aromatic carbocycles. The van der Waals surface area contributed by atoms with Crippen molar-refractivity contribution in [2.24, 2.45) is 0 Å². The van der Waals surface area contributed by atoms with Gasteiger partial charge in [0.25, 0.3) is 5.91 Å². The van der Waals surface area contributed by atoms with Crippen LogP contribution < -0.4 is 10.1 Å². The SMILES string of the molecule is CCNC(=O)[C@H](C)N(CCc1ccccc1)C(=O)COc1ccc(C)c(C)c1. The van der Waals surface area contributed by atoms with Crippen LogP contribution in [0.5, 0.6) is 5.75 Å². The summed E-state index contributed by atoms with van der Waals surface area (Å²) >= 11 is 0. The molecule has 0 aliphatic heterocycles. The van der Waals surface area contributed by atoms with Crippen molar-refractivity contribution in [1.82, 2.24) is 10.2 Å². The minimum absolute atomic E-state index is 0.0962. The van der Waals surface area contributed by atoms with Crippen LogP contribution in [-0.2, 0) is 16.0 Å².